The molecule has 0 amide bonds. The molecular weight excluding hydrogens is 174 g/mol. The summed E-state index contributed by atoms with van der Waals surface area (Å²) in [4.78, 5) is 0. The minimum absolute atomic E-state index is 0.587. The van der Waals surface area contributed by atoms with Crippen molar-refractivity contribution in [3.8, 4) is 0 Å². The van der Waals surface area contributed by atoms with Crippen molar-refractivity contribution in [3.63, 3.8) is 0 Å². The first-order chi connectivity index (χ1) is 6.85. The number of aryl methyl sites for hydroxylation is 2. The Morgan fingerprint density at radius 3 is 3.14 bits per heavy atom. The number of fused-ring (bicyclic) bond motifs is 1. The molecule has 14 heavy (non-hydrogen) atoms. The summed E-state index contributed by atoms with van der Waals surface area (Å²) >= 11 is 0. The molecule has 1 aromatic heterocycles. The zero-order valence-electron chi connectivity index (χ0n) is 8.88. The minimum atomic E-state index is 0.587. The van der Waals surface area contributed by atoms with E-state index in [1.807, 2.05) is 0 Å². The van der Waals surface area contributed by atoms with Crippen LogP contribution >= 0.6 is 0 Å². The summed E-state index contributed by atoms with van der Waals surface area (Å²) in [5.41, 5.74) is 7.05. The van der Waals surface area contributed by atoms with Crippen LogP contribution in [0.15, 0.2) is 10.5 Å². The molecule has 1 aliphatic rings. The van der Waals surface area contributed by atoms with Gasteiger partial charge in [0.2, 0.25) is 0 Å². The third-order valence-electron chi connectivity index (χ3n) is 3.13. The Labute approximate surface area is 85.5 Å². The summed E-state index contributed by atoms with van der Waals surface area (Å²) in [6.45, 7) is 2.91. The Morgan fingerprint density at radius 2 is 2.43 bits per heavy atom. The molecule has 1 unspecified atom stereocenters. The average molecular weight is 193 g/mol. The maximum atomic E-state index is 5.86. The van der Waals surface area contributed by atoms with E-state index < -0.39 is 0 Å². The fourth-order valence-corrected chi connectivity index (χ4v) is 2.36. The lowest BCUT2D eigenvalue weighted by molar-refractivity contribution is 0.387. The maximum absolute atomic E-state index is 5.86. The quantitative estimate of drug-likeness (QED) is 0.801. The standard InChI is InChI=1S/C12H19NO/c1-2-11-8-10-5-3-4-9(6-7-13)12(10)14-11/h8-9H,2-7,13H2,1H3. The number of nitrogens with two attached hydrogens (primary N) is 1. The lowest BCUT2D eigenvalue weighted by Gasteiger charge is -2.19. The molecule has 1 aromatic rings. The molecule has 0 bridgehead atoms. The van der Waals surface area contributed by atoms with Gasteiger partial charge in [0, 0.05) is 12.3 Å². The fraction of sp³-hybridized carbons (Fsp3) is 0.667. The van der Waals surface area contributed by atoms with E-state index in [9.17, 15) is 0 Å². The second-order valence-corrected chi connectivity index (χ2v) is 4.12. The molecular formula is C12H19NO. The molecule has 0 aliphatic heterocycles. The third kappa shape index (κ3) is 1.71. The van der Waals surface area contributed by atoms with E-state index in [1.54, 1.807) is 0 Å². The SMILES string of the molecule is CCc1cc2c(o1)C(CCN)CCC2. The van der Waals surface area contributed by atoms with Gasteiger partial charge in [-0.2, -0.15) is 0 Å². The Bertz CT molecular complexity index is 303. The van der Waals surface area contributed by atoms with Crippen molar-refractivity contribution in [3.05, 3.63) is 23.2 Å². The van der Waals surface area contributed by atoms with Gasteiger partial charge in [-0.25, -0.2) is 0 Å². The minimum Gasteiger partial charge on any atom is -0.466 e. The van der Waals surface area contributed by atoms with E-state index in [1.165, 1.54) is 30.6 Å². The van der Waals surface area contributed by atoms with Crippen LogP contribution in [0.25, 0.3) is 0 Å². The Morgan fingerprint density at radius 1 is 1.57 bits per heavy atom. The Balaban J connectivity index is 2.24. The molecule has 2 nitrogen and oxygen atoms in total. The van der Waals surface area contributed by atoms with Crippen molar-refractivity contribution in [2.45, 2.75) is 44.9 Å². The van der Waals surface area contributed by atoms with E-state index >= 15 is 0 Å². The van der Waals surface area contributed by atoms with Crippen molar-refractivity contribution in [2.24, 2.45) is 5.73 Å². The van der Waals surface area contributed by atoms with Gasteiger partial charge >= 0.3 is 0 Å². The van der Waals surface area contributed by atoms with Gasteiger partial charge in [0.25, 0.3) is 0 Å². The number of hydrogen-bond donors (Lipinski definition) is 1. The van der Waals surface area contributed by atoms with Gasteiger partial charge in [0.15, 0.2) is 0 Å². The van der Waals surface area contributed by atoms with Gasteiger partial charge in [-0.3, -0.25) is 0 Å². The lowest BCUT2D eigenvalue weighted by Crippen LogP contribution is -2.12. The summed E-state index contributed by atoms with van der Waals surface area (Å²) in [5, 5.41) is 0. The van der Waals surface area contributed by atoms with Crippen LogP contribution in [0, 0.1) is 0 Å². The second kappa shape index (κ2) is 4.18. The summed E-state index contributed by atoms with van der Waals surface area (Å²) < 4.78 is 5.86. The van der Waals surface area contributed by atoms with Crippen LogP contribution in [0.1, 0.15) is 49.2 Å². The van der Waals surface area contributed by atoms with Crippen LogP contribution in [-0.2, 0) is 12.8 Å². The zero-order chi connectivity index (χ0) is 9.97. The largest absolute Gasteiger partial charge is 0.466 e. The maximum Gasteiger partial charge on any atom is 0.110 e. The second-order valence-electron chi connectivity index (χ2n) is 4.12. The predicted molar refractivity (Wildman–Crippen MR) is 57.4 cm³/mol. The van der Waals surface area contributed by atoms with Crippen LogP contribution in [0.3, 0.4) is 0 Å². The highest BCUT2D eigenvalue weighted by Gasteiger charge is 2.23. The molecule has 2 heteroatoms. The molecule has 1 heterocycles. The highest BCUT2D eigenvalue weighted by Crippen LogP contribution is 2.35. The van der Waals surface area contributed by atoms with E-state index in [2.05, 4.69) is 13.0 Å². The van der Waals surface area contributed by atoms with Gasteiger partial charge in [0.1, 0.15) is 11.5 Å². The lowest BCUT2D eigenvalue weighted by atomic mass is 9.86. The van der Waals surface area contributed by atoms with Gasteiger partial charge in [-0.05, 0) is 43.9 Å². The predicted octanol–water partition coefficient (Wildman–Crippen LogP) is 2.61. The molecule has 1 atom stereocenters. The van der Waals surface area contributed by atoms with Crippen molar-refractivity contribution < 1.29 is 4.42 Å². The first-order valence-corrected chi connectivity index (χ1v) is 5.66. The van der Waals surface area contributed by atoms with Crippen LogP contribution in [-0.4, -0.2) is 6.54 Å². The number of rotatable bonds is 3. The molecule has 78 valence electrons. The highest BCUT2D eigenvalue weighted by atomic mass is 16.3. The first kappa shape index (κ1) is 9.78. The van der Waals surface area contributed by atoms with Crippen LogP contribution < -0.4 is 5.73 Å². The molecule has 0 saturated heterocycles. The fourth-order valence-electron chi connectivity index (χ4n) is 2.36. The van der Waals surface area contributed by atoms with Gasteiger partial charge in [-0.15, -0.1) is 0 Å². The molecule has 1 aliphatic carbocycles. The van der Waals surface area contributed by atoms with Crippen molar-refractivity contribution in [2.75, 3.05) is 6.54 Å². The Kier molecular flexibility index (Phi) is 2.92. The van der Waals surface area contributed by atoms with E-state index in [0.29, 0.717) is 5.92 Å². The van der Waals surface area contributed by atoms with Crippen molar-refractivity contribution in [1.82, 2.24) is 0 Å². The number of furan rings is 1. The molecule has 2 rings (SSSR count). The van der Waals surface area contributed by atoms with Crippen molar-refractivity contribution in [1.29, 1.82) is 0 Å². The van der Waals surface area contributed by atoms with Gasteiger partial charge < -0.3 is 10.2 Å². The van der Waals surface area contributed by atoms with E-state index in [0.717, 1.165) is 25.1 Å². The summed E-state index contributed by atoms with van der Waals surface area (Å²) in [6.07, 6.45) is 5.81. The van der Waals surface area contributed by atoms with Crippen molar-refractivity contribution >= 4 is 0 Å². The highest BCUT2D eigenvalue weighted by molar-refractivity contribution is 5.27. The van der Waals surface area contributed by atoms with Crippen LogP contribution in [0.4, 0.5) is 0 Å². The summed E-state index contributed by atoms with van der Waals surface area (Å²) in [7, 11) is 0. The van der Waals surface area contributed by atoms with Gasteiger partial charge in [0.05, 0.1) is 0 Å². The van der Waals surface area contributed by atoms with Crippen LogP contribution in [0.5, 0.6) is 0 Å². The molecule has 0 aromatic carbocycles. The molecule has 0 saturated carbocycles. The van der Waals surface area contributed by atoms with Crippen LogP contribution in [0.2, 0.25) is 0 Å². The molecule has 0 radical (unpaired) electrons. The van der Waals surface area contributed by atoms with Gasteiger partial charge in [-0.1, -0.05) is 6.92 Å². The molecule has 0 spiro atoms. The molecule has 0 fully saturated rings. The average Bonchev–Trinajstić information content (AvgIpc) is 2.62. The van der Waals surface area contributed by atoms with E-state index in [-0.39, 0.29) is 0 Å². The smallest absolute Gasteiger partial charge is 0.110 e. The summed E-state index contributed by atoms with van der Waals surface area (Å²) in [6, 6.07) is 2.23. The third-order valence-corrected chi connectivity index (χ3v) is 3.13. The monoisotopic (exact) mass is 193 g/mol. The Hall–Kier alpha value is -0.760. The topological polar surface area (TPSA) is 39.2 Å². The summed E-state index contributed by atoms with van der Waals surface area (Å²) in [5.74, 6) is 2.96. The van der Waals surface area contributed by atoms with E-state index in [4.69, 9.17) is 10.2 Å². The number of hydrogen-bond acceptors (Lipinski definition) is 2. The first-order valence-electron chi connectivity index (χ1n) is 5.66. The molecule has 2 N–H and O–H groups in total. The zero-order valence-corrected chi connectivity index (χ0v) is 8.88. The normalized spacial score (nSPS) is 20.9.